The zero-order chi connectivity index (χ0) is 18.3. The molecule has 26 heavy (non-hydrogen) atoms. The van der Waals surface area contributed by atoms with Crippen LogP contribution in [0.15, 0.2) is 47.7 Å². The van der Waals surface area contributed by atoms with E-state index in [1.807, 2.05) is 62.7 Å². The van der Waals surface area contributed by atoms with Crippen molar-refractivity contribution in [1.29, 1.82) is 0 Å². The van der Waals surface area contributed by atoms with Crippen LogP contribution in [0.4, 0.5) is 17.2 Å². The van der Waals surface area contributed by atoms with Gasteiger partial charge in [-0.3, -0.25) is 9.48 Å². The standard InChI is InChI=1S/C18H19N7O/c1-24(2)17-15(21-13-5-8-20-16-11(13)4-7-19-16)10-12(18(26)22-17)14-6-9-25(3)23-14/h4-10H,1-3H3,(H,22,26)(H2,19,20,21). The molecule has 8 heteroatoms. The van der Waals surface area contributed by atoms with Crippen LogP contribution in [0.25, 0.3) is 22.3 Å². The van der Waals surface area contributed by atoms with Crippen molar-refractivity contribution in [3.05, 3.63) is 53.2 Å². The van der Waals surface area contributed by atoms with Crippen molar-refractivity contribution in [2.75, 3.05) is 24.3 Å². The number of nitrogens with zero attached hydrogens (tertiary/aromatic N) is 4. The van der Waals surface area contributed by atoms with Gasteiger partial charge in [-0.1, -0.05) is 0 Å². The summed E-state index contributed by atoms with van der Waals surface area (Å²) in [4.78, 5) is 24.8. The van der Waals surface area contributed by atoms with Crippen molar-refractivity contribution >= 4 is 28.2 Å². The number of aromatic amines is 2. The molecule has 0 aliphatic carbocycles. The van der Waals surface area contributed by atoms with Gasteiger partial charge in [-0.2, -0.15) is 5.10 Å². The minimum Gasteiger partial charge on any atom is -0.362 e. The summed E-state index contributed by atoms with van der Waals surface area (Å²) in [5, 5.41) is 8.74. The Morgan fingerprint density at radius 3 is 2.77 bits per heavy atom. The van der Waals surface area contributed by atoms with Crippen LogP contribution in [-0.2, 0) is 7.05 Å². The number of aromatic nitrogens is 5. The highest BCUT2D eigenvalue weighted by Gasteiger charge is 2.15. The SMILES string of the molecule is CN(C)c1[nH]c(=O)c(-c2ccn(C)n2)cc1Nc1ccnc2[nH]ccc12. The van der Waals surface area contributed by atoms with E-state index < -0.39 is 0 Å². The molecular formula is C18H19N7O. The maximum atomic E-state index is 12.6. The third-order valence-corrected chi connectivity index (χ3v) is 4.19. The van der Waals surface area contributed by atoms with Crippen LogP contribution in [0.1, 0.15) is 0 Å². The zero-order valence-corrected chi connectivity index (χ0v) is 14.7. The minimum atomic E-state index is -0.181. The molecule has 0 fully saturated rings. The molecule has 0 saturated carbocycles. The van der Waals surface area contributed by atoms with E-state index in [4.69, 9.17) is 0 Å². The lowest BCUT2D eigenvalue weighted by molar-refractivity contribution is 0.770. The van der Waals surface area contributed by atoms with Crippen LogP contribution in [0.5, 0.6) is 0 Å². The molecule has 4 heterocycles. The second-order valence-electron chi connectivity index (χ2n) is 6.27. The van der Waals surface area contributed by atoms with Gasteiger partial charge in [-0.25, -0.2) is 4.98 Å². The van der Waals surface area contributed by atoms with Gasteiger partial charge in [0.15, 0.2) is 0 Å². The molecule has 132 valence electrons. The van der Waals surface area contributed by atoms with E-state index in [9.17, 15) is 4.79 Å². The molecule has 0 aliphatic rings. The number of nitrogens with one attached hydrogen (secondary N) is 3. The number of hydrogen-bond acceptors (Lipinski definition) is 5. The summed E-state index contributed by atoms with van der Waals surface area (Å²) < 4.78 is 1.67. The largest absolute Gasteiger partial charge is 0.362 e. The molecule has 0 spiro atoms. The molecule has 8 nitrogen and oxygen atoms in total. The number of anilines is 3. The van der Waals surface area contributed by atoms with Crippen LogP contribution in [0.2, 0.25) is 0 Å². The average molecular weight is 349 g/mol. The summed E-state index contributed by atoms with van der Waals surface area (Å²) in [6.07, 6.45) is 5.40. The van der Waals surface area contributed by atoms with Crippen LogP contribution < -0.4 is 15.8 Å². The highest BCUT2D eigenvalue weighted by molar-refractivity contribution is 5.92. The van der Waals surface area contributed by atoms with Crippen LogP contribution in [-0.4, -0.2) is 38.8 Å². The summed E-state index contributed by atoms with van der Waals surface area (Å²) in [6.45, 7) is 0. The Morgan fingerprint density at radius 2 is 2.04 bits per heavy atom. The number of aryl methyl sites for hydroxylation is 1. The fraction of sp³-hybridized carbons (Fsp3) is 0.167. The van der Waals surface area contributed by atoms with Crippen molar-refractivity contribution in [3.8, 4) is 11.3 Å². The molecule has 0 radical (unpaired) electrons. The van der Waals surface area contributed by atoms with Gasteiger partial charge >= 0.3 is 0 Å². The highest BCUT2D eigenvalue weighted by atomic mass is 16.1. The van der Waals surface area contributed by atoms with E-state index in [1.54, 1.807) is 10.9 Å². The first-order valence-electron chi connectivity index (χ1n) is 8.17. The topological polar surface area (TPSA) is 94.6 Å². The van der Waals surface area contributed by atoms with E-state index in [-0.39, 0.29) is 5.56 Å². The highest BCUT2D eigenvalue weighted by Crippen LogP contribution is 2.30. The molecule has 4 rings (SSSR count). The van der Waals surface area contributed by atoms with E-state index in [0.717, 1.165) is 22.4 Å². The quantitative estimate of drug-likeness (QED) is 0.526. The van der Waals surface area contributed by atoms with Gasteiger partial charge in [0.05, 0.1) is 22.6 Å². The molecule has 0 atom stereocenters. The zero-order valence-electron chi connectivity index (χ0n) is 14.7. The summed E-state index contributed by atoms with van der Waals surface area (Å²) in [6, 6.07) is 7.52. The first kappa shape index (κ1) is 15.9. The first-order valence-corrected chi connectivity index (χ1v) is 8.17. The lowest BCUT2D eigenvalue weighted by atomic mass is 10.1. The molecule has 0 aromatic carbocycles. The van der Waals surface area contributed by atoms with E-state index >= 15 is 0 Å². The third kappa shape index (κ3) is 2.71. The third-order valence-electron chi connectivity index (χ3n) is 4.19. The Hall–Kier alpha value is -3.55. The van der Waals surface area contributed by atoms with Gasteiger partial charge in [0.1, 0.15) is 11.5 Å². The molecule has 3 N–H and O–H groups in total. The van der Waals surface area contributed by atoms with Gasteiger partial charge in [0.25, 0.3) is 5.56 Å². The van der Waals surface area contributed by atoms with E-state index in [2.05, 4.69) is 25.4 Å². The van der Waals surface area contributed by atoms with E-state index in [0.29, 0.717) is 17.1 Å². The lowest BCUT2D eigenvalue weighted by Gasteiger charge is -2.19. The van der Waals surface area contributed by atoms with Gasteiger partial charge in [0.2, 0.25) is 0 Å². The van der Waals surface area contributed by atoms with Crippen molar-refractivity contribution < 1.29 is 0 Å². The average Bonchev–Trinajstić information content (AvgIpc) is 3.25. The van der Waals surface area contributed by atoms with Crippen LogP contribution >= 0.6 is 0 Å². The van der Waals surface area contributed by atoms with Crippen LogP contribution in [0, 0.1) is 0 Å². The first-order chi connectivity index (χ1) is 12.5. The smallest absolute Gasteiger partial charge is 0.259 e. The normalized spacial score (nSPS) is 11.0. The lowest BCUT2D eigenvalue weighted by Crippen LogP contribution is -2.19. The Balaban J connectivity index is 1.86. The van der Waals surface area contributed by atoms with Crippen molar-refractivity contribution in [2.45, 2.75) is 0 Å². The Morgan fingerprint density at radius 1 is 1.19 bits per heavy atom. The molecule has 0 saturated heterocycles. The molecule has 4 aromatic rings. The molecule has 0 unspecified atom stereocenters. The molecule has 0 amide bonds. The number of rotatable bonds is 4. The van der Waals surface area contributed by atoms with Gasteiger partial charge in [0, 0.05) is 45.1 Å². The predicted molar refractivity (Wildman–Crippen MR) is 103 cm³/mol. The number of fused-ring (bicyclic) bond motifs is 1. The fourth-order valence-corrected chi connectivity index (χ4v) is 2.93. The van der Waals surface area contributed by atoms with Crippen molar-refractivity contribution in [3.63, 3.8) is 0 Å². The summed E-state index contributed by atoms with van der Waals surface area (Å²) in [5.74, 6) is 0.690. The summed E-state index contributed by atoms with van der Waals surface area (Å²) in [5.41, 5.74) is 3.44. The molecule has 0 bridgehead atoms. The Kier molecular flexibility index (Phi) is 3.72. The van der Waals surface area contributed by atoms with Crippen molar-refractivity contribution in [2.24, 2.45) is 7.05 Å². The number of H-pyrrole nitrogens is 2. The van der Waals surface area contributed by atoms with Gasteiger partial charge in [-0.15, -0.1) is 0 Å². The summed E-state index contributed by atoms with van der Waals surface area (Å²) >= 11 is 0. The minimum absolute atomic E-state index is 0.181. The summed E-state index contributed by atoms with van der Waals surface area (Å²) in [7, 11) is 5.59. The Bertz CT molecular complexity index is 1140. The fourth-order valence-electron chi connectivity index (χ4n) is 2.93. The van der Waals surface area contributed by atoms with Crippen molar-refractivity contribution in [1.82, 2.24) is 24.7 Å². The maximum absolute atomic E-state index is 12.6. The monoisotopic (exact) mass is 349 g/mol. The predicted octanol–water partition coefficient (Wildman–Crippen LogP) is 2.46. The second-order valence-corrected chi connectivity index (χ2v) is 6.27. The van der Waals surface area contributed by atoms with Gasteiger partial charge < -0.3 is 20.2 Å². The maximum Gasteiger partial charge on any atom is 0.259 e. The number of pyridine rings is 2. The van der Waals surface area contributed by atoms with E-state index in [1.165, 1.54) is 0 Å². The molecule has 0 aliphatic heterocycles. The molecular weight excluding hydrogens is 330 g/mol. The van der Waals surface area contributed by atoms with Crippen LogP contribution in [0.3, 0.4) is 0 Å². The second kappa shape index (κ2) is 6.07. The molecule has 4 aromatic heterocycles. The number of hydrogen-bond donors (Lipinski definition) is 3. The Labute approximate surface area is 149 Å². The van der Waals surface area contributed by atoms with Gasteiger partial charge in [-0.05, 0) is 24.3 Å².